The quantitative estimate of drug-likeness (QED) is 0.0307. The molecule has 3 aliphatic rings. The van der Waals surface area contributed by atoms with Gasteiger partial charge in [-0.1, -0.05) is 153 Å². The molecule has 3 fully saturated rings. The van der Waals surface area contributed by atoms with E-state index >= 15 is 0 Å². The van der Waals surface area contributed by atoms with Crippen molar-refractivity contribution < 1.29 is 89.4 Å². The first kappa shape index (κ1) is 66.3. The molecule has 432 valence electrons. The summed E-state index contributed by atoms with van der Waals surface area (Å²) in [4.78, 5) is 13.3. The number of aliphatic hydroxyl groups is 11. The normalized spacial score (nSPS) is 31.7. The molecule has 0 aromatic carbocycles. The van der Waals surface area contributed by atoms with Crippen LogP contribution >= 0.6 is 0 Å². The summed E-state index contributed by atoms with van der Waals surface area (Å²) < 4.78 is 34.1. The van der Waals surface area contributed by atoms with E-state index in [-0.39, 0.29) is 18.9 Å². The van der Waals surface area contributed by atoms with Gasteiger partial charge in [0.1, 0.15) is 73.2 Å². The van der Waals surface area contributed by atoms with E-state index in [9.17, 15) is 61.0 Å². The van der Waals surface area contributed by atoms with E-state index in [1.54, 1.807) is 6.08 Å². The molecule has 3 heterocycles. The maximum atomic E-state index is 13.3. The fraction of sp³-hybridized carbons (Fsp3) is 0.873. The number of allylic oxidation sites excluding steroid dienone is 5. The van der Waals surface area contributed by atoms with Crippen LogP contribution in [0.1, 0.15) is 174 Å². The molecule has 0 radical (unpaired) electrons. The van der Waals surface area contributed by atoms with E-state index in [0.29, 0.717) is 6.42 Å². The van der Waals surface area contributed by atoms with Gasteiger partial charge in [-0.25, -0.2) is 0 Å². The number of hydrogen-bond donors (Lipinski definition) is 12. The highest BCUT2D eigenvalue weighted by Crippen LogP contribution is 2.33. The highest BCUT2D eigenvalue weighted by atomic mass is 16.8. The van der Waals surface area contributed by atoms with Crippen LogP contribution in [0.15, 0.2) is 36.5 Å². The molecule has 17 atom stereocenters. The van der Waals surface area contributed by atoms with Gasteiger partial charge in [0.05, 0.1) is 38.6 Å². The number of unbranched alkanes of at least 4 members (excludes halogenated alkanes) is 20. The summed E-state index contributed by atoms with van der Waals surface area (Å²) in [5.74, 6) is -0.284. The Bertz CT molecular complexity index is 1500. The van der Waals surface area contributed by atoms with Crippen LogP contribution in [-0.4, -0.2) is 193 Å². The number of carbonyl (C=O) groups is 1. The van der Waals surface area contributed by atoms with Gasteiger partial charge in [-0.2, -0.15) is 0 Å². The van der Waals surface area contributed by atoms with Crippen molar-refractivity contribution in [3.05, 3.63) is 36.5 Å². The average molecular weight is 1060 g/mol. The zero-order valence-corrected chi connectivity index (χ0v) is 44.6. The fourth-order valence-corrected chi connectivity index (χ4v) is 9.45. The molecule has 0 aromatic rings. The van der Waals surface area contributed by atoms with Crippen LogP contribution in [0, 0.1) is 0 Å². The van der Waals surface area contributed by atoms with Gasteiger partial charge in [0, 0.05) is 6.42 Å². The minimum atomic E-state index is -1.98. The summed E-state index contributed by atoms with van der Waals surface area (Å²) in [5.41, 5.74) is 0. The number of nitrogens with one attached hydrogen (secondary N) is 1. The Hall–Kier alpha value is -1.99. The van der Waals surface area contributed by atoms with Crippen LogP contribution in [0.3, 0.4) is 0 Å². The maximum absolute atomic E-state index is 13.3. The molecule has 0 saturated carbocycles. The Morgan fingerprint density at radius 1 is 0.486 bits per heavy atom. The van der Waals surface area contributed by atoms with Crippen molar-refractivity contribution in [3.8, 4) is 0 Å². The predicted octanol–water partition coefficient (Wildman–Crippen LogP) is 3.76. The van der Waals surface area contributed by atoms with Gasteiger partial charge in [0.15, 0.2) is 18.9 Å². The maximum Gasteiger partial charge on any atom is 0.220 e. The fourth-order valence-electron chi connectivity index (χ4n) is 9.45. The van der Waals surface area contributed by atoms with Crippen molar-refractivity contribution in [2.45, 2.75) is 279 Å². The number of amides is 1. The van der Waals surface area contributed by atoms with Crippen molar-refractivity contribution in [2.75, 3.05) is 26.4 Å². The zero-order valence-electron chi connectivity index (χ0n) is 44.6. The zero-order chi connectivity index (χ0) is 54.1. The van der Waals surface area contributed by atoms with Crippen molar-refractivity contribution in [2.24, 2.45) is 0 Å². The summed E-state index contributed by atoms with van der Waals surface area (Å²) in [6.07, 6.45) is 12.8. The summed E-state index contributed by atoms with van der Waals surface area (Å²) in [5, 5.41) is 120. The van der Waals surface area contributed by atoms with Crippen LogP contribution in [0.25, 0.3) is 0 Å². The first-order chi connectivity index (χ1) is 35.8. The third kappa shape index (κ3) is 23.9. The van der Waals surface area contributed by atoms with Gasteiger partial charge in [-0.15, -0.1) is 0 Å². The lowest BCUT2D eigenvalue weighted by molar-refractivity contribution is -0.379. The van der Waals surface area contributed by atoms with Crippen LogP contribution in [0.2, 0.25) is 0 Å². The molecular formula is C55H99NO18. The van der Waals surface area contributed by atoms with Crippen LogP contribution in [0.5, 0.6) is 0 Å². The number of ether oxygens (including phenoxy) is 6. The van der Waals surface area contributed by atoms with Gasteiger partial charge in [0.25, 0.3) is 0 Å². The highest BCUT2D eigenvalue weighted by molar-refractivity contribution is 5.76. The van der Waals surface area contributed by atoms with Gasteiger partial charge in [-0.3, -0.25) is 4.79 Å². The van der Waals surface area contributed by atoms with Crippen molar-refractivity contribution in [1.29, 1.82) is 0 Å². The van der Waals surface area contributed by atoms with Gasteiger partial charge in [0.2, 0.25) is 5.91 Å². The van der Waals surface area contributed by atoms with Crippen molar-refractivity contribution in [3.63, 3.8) is 0 Å². The topological polar surface area (TPSA) is 307 Å². The summed E-state index contributed by atoms with van der Waals surface area (Å²) >= 11 is 0. The Morgan fingerprint density at radius 3 is 1.41 bits per heavy atom. The molecule has 74 heavy (non-hydrogen) atoms. The second-order valence-electron chi connectivity index (χ2n) is 20.4. The molecule has 17 unspecified atom stereocenters. The van der Waals surface area contributed by atoms with E-state index in [4.69, 9.17) is 28.4 Å². The highest BCUT2D eigenvalue weighted by Gasteiger charge is 2.53. The number of carbonyl (C=O) groups excluding carboxylic acids is 1. The van der Waals surface area contributed by atoms with Gasteiger partial charge >= 0.3 is 0 Å². The number of rotatable bonds is 40. The Labute approximate surface area is 440 Å². The molecule has 0 aromatic heterocycles. The molecule has 3 saturated heterocycles. The number of aliphatic hydroxyl groups excluding tert-OH is 11. The third-order valence-electron chi connectivity index (χ3n) is 14.2. The molecule has 0 bridgehead atoms. The van der Waals surface area contributed by atoms with Crippen molar-refractivity contribution in [1.82, 2.24) is 5.32 Å². The Kier molecular flexibility index (Phi) is 35.3. The molecular weight excluding hydrogens is 963 g/mol. The molecule has 19 nitrogen and oxygen atoms in total. The average Bonchev–Trinajstić information content (AvgIpc) is 3.40. The summed E-state index contributed by atoms with van der Waals surface area (Å²) in [6, 6.07) is -0.972. The molecule has 1 amide bonds. The molecule has 0 aliphatic carbocycles. The number of hydrogen-bond acceptors (Lipinski definition) is 18. The van der Waals surface area contributed by atoms with Crippen LogP contribution in [0.4, 0.5) is 0 Å². The standard InChI is InChI=1S/C55H99NO18/c1-3-5-7-9-11-13-15-16-17-18-19-20-21-22-23-25-27-29-31-33-43(61)56-38(39(60)32-30-28-26-24-14-12-10-8-6-4-2)37-69-53-49(67)46(64)51(41(35-58)71-53)74-55-50(68)47(65)52(42(36-59)72-55)73-54-48(66)45(63)44(62)40(34-57)70-54/h11,13,16-17,30,32,38-42,44-55,57-60,62-68H,3-10,12,14-15,18-29,31,33-37H2,1-2H3,(H,56,61)/b13-11-,17-16-,32-30+. The monoisotopic (exact) mass is 1060 g/mol. The minimum absolute atomic E-state index is 0.238. The van der Waals surface area contributed by atoms with E-state index in [1.165, 1.54) is 83.5 Å². The third-order valence-corrected chi connectivity index (χ3v) is 14.2. The largest absolute Gasteiger partial charge is 0.394 e. The lowest BCUT2D eigenvalue weighted by Crippen LogP contribution is -2.66. The van der Waals surface area contributed by atoms with Crippen LogP contribution < -0.4 is 5.32 Å². The second kappa shape index (κ2) is 39.4. The minimum Gasteiger partial charge on any atom is -0.394 e. The van der Waals surface area contributed by atoms with E-state index in [0.717, 1.165) is 64.2 Å². The predicted molar refractivity (Wildman–Crippen MR) is 277 cm³/mol. The summed E-state index contributed by atoms with van der Waals surface area (Å²) in [7, 11) is 0. The van der Waals surface area contributed by atoms with E-state index in [2.05, 4.69) is 43.5 Å². The van der Waals surface area contributed by atoms with Crippen molar-refractivity contribution >= 4 is 5.91 Å². The molecule has 3 rings (SSSR count). The van der Waals surface area contributed by atoms with E-state index in [1.807, 2.05) is 6.08 Å². The first-order valence-corrected chi connectivity index (χ1v) is 28.2. The molecule has 19 heteroatoms. The lowest BCUT2D eigenvalue weighted by atomic mass is 9.96. The lowest BCUT2D eigenvalue weighted by Gasteiger charge is -2.48. The smallest absolute Gasteiger partial charge is 0.220 e. The Balaban J connectivity index is 1.50. The SMILES string of the molecule is CCCCC/C=C\C/C=C\CCCCCCCCCCCC(=O)NC(COC1OC(CO)C(OC2OC(CO)C(OC3OC(CO)C(O)C(O)C3O)C(O)C2O)C(O)C1O)C(O)/C=C/CCCCCCCCCC. The molecule has 12 N–H and O–H groups in total. The Morgan fingerprint density at radius 2 is 0.892 bits per heavy atom. The molecule has 3 aliphatic heterocycles. The first-order valence-electron chi connectivity index (χ1n) is 28.2. The van der Waals surface area contributed by atoms with Crippen LogP contribution in [-0.2, 0) is 33.2 Å². The summed E-state index contributed by atoms with van der Waals surface area (Å²) in [6.45, 7) is 1.64. The van der Waals surface area contributed by atoms with Gasteiger partial charge < -0.3 is 89.9 Å². The second-order valence-corrected chi connectivity index (χ2v) is 20.4. The van der Waals surface area contributed by atoms with E-state index < -0.39 is 124 Å². The molecule has 0 spiro atoms. The van der Waals surface area contributed by atoms with Gasteiger partial charge in [-0.05, 0) is 51.4 Å².